The number of ether oxygens (including phenoxy) is 1. The van der Waals surface area contributed by atoms with Gasteiger partial charge in [0.05, 0.1) is 22.8 Å². The van der Waals surface area contributed by atoms with Crippen LogP contribution in [0.1, 0.15) is 42.1 Å². The molecule has 1 aliphatic carbocycles. The number of aryl methyl sites for hydroxylation is 1. The molecule has 98 valence electrons. The average Bonchev–Trinajstić information content (AvgIpc) is 2.73. The second kappa shape index (κ2) is 4.31. The van der Waals surface area contributed by atoms with Crippen LogP contribution < -0.4 is 4.90 Å². The van der Waals surface area contributed by atoms with Crippen LogP contribution in [0.2, 0.25) is 0 Å². The molecule has 1 saturated heterocycles. The lowest BCUT2D eigenvalue weighted by molar-refractivity contribution is -0.0277. The number of morpholine rings is 1. The van der Waals surface area contributed by atoms with Crippen molar-refractivity contribution < 1.29 is 9.53 Å². The minimum absolute atomic E-state index is 0.131. The third-order valence-corrected chi connectivity index (χ3v) is 4.65. The highest BCUT2D eigenvalue weighted by Crippen LogP contribution is 2.33. The van der Waals surface area contributed by atoms with E-state index in [2.05, 4.69) is 23.7 Å². The fourth-order valence-corrected chi connectivity index (χ4v) is 3.68. The third kappa shape index (κ3) is 2.17. The van der Waals surface area contributed by atoms with Gasteiger partial charge in [-0.25, -0.2) is 4.98 Å². The van der Waals surface area contributed by atoms with Gasteiger partial charge < -0.3 is 9.64 Å². The highest BCUT2D eigenvalue weighted by Gasteiger charge is 2.30. The molecule has 1 aromatic heterocycles. The Hall–Kier alpha value is -0.940. The number of carbonyl (C=O) groups is 1. The van der Waals surface area contributed by atoms with Gasteiger partial charge in [0.15, 0.2) is 10.9 Å². The lowest BCUT2D eigenvalue weighted by Gasteiger charge is -2.37. The van der Waals surface area contributed by atoms with Gasteiger partial charge in [-0.05, 0) is 26.7 Å². The zero-order chi connectivity index (χ0) is 12.8. The van der Waals surface area contributed by atoms with E-state index in [1.807, 2.05) is 0 Å². The van der Waals surface area contributed by atoms with Gasteiger partial charge in [-0.1, -0.05) is 11.3 Å². The van der Waals surface area contributed by atoms with Crippen molar-refractivity contribution in [2.24, 2.45) is 0 Å². The summed E-state index contributed by atoms with van der Waals surface area (Å²) in [6.07, 6.45) is 2.58. The molecule has 0 unspecified atom stereocenters. The molecule has 18 heavy (non-hydrogen) atoms. The number of hydrogen-bond donors (Lipinski definition) is 0. The molecule has 2 heterocycles. The molecule has 0 aromatic carbocycles. The first kappa shape index (κ1) is 12.1. The number of ketones is 1. The molecule has 0 saturated carbocycles. The maximum atomic E-state index is 11.8. The molecule has 0 atom stereocenters. The van der Waals surface area contributed by atoms with Crippen LogP contribution in [-0.4, -0.2) is 36.1 Å². The molecule has 1 fully saturated rings. The van der Waals surface area contributed by atoms with Crippen LogP contribution in [0.4, 0.5) is 5.13 Å². The van der Waals surface area contributed by atoms with Crippen LogP contribution in [0.25, 0.3) is 0 Å². The third-order valence-electron chi connectivity index (χ3n) is 3.45. The quantitative estimate of drug-likeness (QED) is 0.782. The van der Waals surface area contributed by atoms with Gasteiger partial charge in [0.2, 0.25) is 0 Å². The van der Waals surface area contributed by atoms with Crippen molar-refractivity contribution in [3.8, 4) is 0 Å². The van der Waals surface area contributed by atoms with Gasteiger partial charge in [-0.15, -0.1) is 0 Å². The van der Waals surface area contributed by atoms with Crippen molar-refractivity contribution in [1.29, 1.82) is 0 Å². The van der Waals surface area contributed by atoms with Crippen LogP contribution in [0.3, 0.4) is 0 Å². The first-order chi connectivity index (χ1) is 8.55. The summed E-state index contributed by atoms with van der Waals surface area (Å²) < 4.78 is 5.71. The van der Waals surface area contributed by atoms with Gasteiger partial charge in [0.25, 0.3) is 0 Å². The molecule has 5 heteroatoms. The zero-order valence-electron chi connectivity index (χ0n) is 10.9. The normalized spacial score (nSPS) is 23.0. The summed E-state index contributed by atoms with van der Waals surface area (Å²) in [7, 11) is 0. The lowest BCUT2D eigenvalue weighted by Crippen LogP contribution is -2.48. The van der Waals surface area contributed by atoms with Gasteiger partial charge in [-0.2, -0.15) is 0 Å². The van der Waals surface area contributed by atoms with E-state index in [1.165, 1.54) is 0 Å². The Balaban J connectivity index is 1.87. The van der Waals surface area contributed by atoms with Crippen LogP contribution in [0.5, 0.6) is 0 Å². The van der Waals surface area contributed by atoms with Crippen LogP contribution >= 0.6 is 11.3 Å². The van der Waals surface area contributed by atoms with Gasteiger partial charge in [-0.3, -0.25) is 4.79 Å². The van der Waals surface area contributed by atoms with E-state index in [-0.39, 0.29) is 11.4 Å². The first-order valence-electron chi connectivity index (χ1n) is 6.47. The fourth-order valence-electron chi connectivity index (χ4n) is 2.57. The monoisotopic (exact) mass is 266 g/mol. The van der Waals surface area contributed by atoms with Crippen molar-refractivity contribution in [3.05, 3.63) is 10.6 Å². The number of hydrogen-bond acceptors (Lipinski definition) is 5. The number of carbonyl (C=O) groups excluding carboxylic acids is 1. The van der Waals surface area contributed by atoms with E-state index in [0.29, 0.717) is 6.42 Å². The molecule has 0 N–H and O–H groups in total. The second-order valence-electron chi connectivity index (χ2n) is 5.58. The predicted molar refractivity (Wildman–Crippen MR) is 71.6 cm³/mol. The zero-order valence-corrected chi connectivity index (χ0v) is 11.7. The van der Waals surface area contributed by atoms with Crippen molar-refractivity contribution in [2.75, 3.05) is 24.6 Å². The van der Waals surface area contributed by atoms with Crippen molar-refractivity contribution >= 4 is 22.3 Å². The predicted octanol–water partition coefficient (Wildman–Crippen LogP) is 2.28. The summed E-state index contributed by atoms with van der Waals surface area (Å²) in [6, 6.07) is 0. The molecular formula is C13H18N2O2S. The smallest absolute Gasteiger partial charge is 0.186 e. The maximum absolute atomic E-state index is 11.8. The highest BCUT2D eigenvalue weighted by atomic mass is 32.1. The van der Waals surface area contributed by atoms with E-state index >= 15 is 0 Å². The number of rotatable bonds is 1. The molecule has 2 aliphatic rings. The number of nitrogens with zero attached hydrogens (tertiary/aromatic N) is 2. The van der Waals surface area contributed by atoms with E-state index < -0.39 is 0 Å². The number of aromatic nitrogens is 1. The van der Waals surface area contributed by atoms with Crippen LogP contribution in [0.15, 0.2) is 0 Å². The molecule has 1 aromatic rings. The topological polar surface area (TPSA) is 42.4 Å². The first-order valence-corrected chi connectivity index (χ1v) is 7.29. The highest BCUT2D eigenvalue weighted by molar-refractivity contribution is 7.17. The minimum Gasteiger partial charge on any atom is -0.372 e. The molecule has 0 amide bonds. The molecule has 1 aliphatic heterocycles. The molecule has 0 spiro atoms. The lowest BCUT2D eigenvalue weighted by atomic mass is 10.0. The summed E-state index contributed by atoms with van der Waals surface area (Å²) in [5.41, 5.74) is 0.879. The number of anilines is 1. The van der Waals surface area contributed by atoms with E-state index in [1.54, 1.807) is 11.3 Å². The molecule has 0 radical (unpaired) electrons. The summed E-state index contributed by atoms with van der Waals surface area (Å²) in [4.78, 5) is 19.6. The van der Waals surface area contributed by atoms with Gasteiger partial charge in [0.1, 0.15) is 0 Å². The molecule has 4 nitrogen and oxygen atoms in total. The van der Waals surface area contributed by atoms with Crippen LogP contribution in [-0.2, 0) is 11.2 Å². The maximum Gasteiger partial charge on any atom is 0.186 e. The summed E-state index contributed by atoms with van der Waals surface area (Å²) in [5.74, 6) is 0.271. The standard InChI is InChI=1S/C13H18N2O2S/c1-13(2)8-15(6-7-17-13)12-14-9-4-3-5-10(16)11(9)18-12/h3-8H2,1-2H3. The number of Topliss-reactive ketones (excluding diaryl/α,β-unsaturated/α-hetero) is 1. The largest absolute Gasteiger partial charge is 0.372 e. The van der Waals surface area contributed by atoms with E-state index in [9.17, 15) is 4.79 Å². The van der Waals surface area contributed by atoms with Crippen molar-refractivity contribution in [3.63, 3.8) is 0 Å². The second-order valence-corrected chi connectivity index (χ2v) is 6.56. The van der Waals surface area contributed by atoms with Gasteiger partial charge >= 0.3 is 0 Å². The molecular weight excluding hydrogens is 248 g/mol. The van der Waals surface area contributed by atoms with E-state index in [0.717, 1.165) is 48.2 Å². The summed E-state index contributed by atoms with van der Waals surface area (Å²) in [5, 5.41) is 0.992. The SMILES string of the molecule is CC1(C)CN(c2nc3c(s2)C(=O)CCC3)CCO1. The Kier molecular flexibility index (Phi) is 2.90. The average molecular weight is 266 g/mol. The van der Waals surface area contributed by atoms with Crippen molar-refractivity contribution in [1.82, 2.24) is 4.98 Å². The molecule has 0 bridgehead atoms. The summed E-state index contributed by atoms with van der Waals surface area (Å²) >= 11 is 1.56. The Labute approximate surface area is 111 Å². The van der Waals surface area contributed by atoms with E-state index in [4.69, 9.17) is 4.74 Å². The Morgan fingerprint density at radius 3 is 2.94 bits per heavy atom. The number of fused-ring (bicyclic) bond motifs is 1. The Morgan fingerprint density at radius 2 is 2.22 bits per heavy atom. The summed E-state index contributed by atoms with van der Waals surface area (Å²) in [6.45, 7) is 6.62. The van der Waals surface area contributed by atoms with Crippen LogP contribution in [0, 0.1) is 0 Å². The fraction of sp³-hybridized carbons (Fsp3) is 0.692. The Bertz CT molecular complexity index is 481. The minimum atomic E-state index is -0.131. The van der Waals surface area contributed by atoms with Gasteiger partial charge in [0, 0.05) is 19.5 Å². The number of thiazole rings is 1. The Morgan fingerprint density at radius 1 is 1.39 bits per heavy atom. The van der Waals surface area contributed by atoms with Crippen molar-refractivity contribution in [2.45, 2.75) is 38.7 Å². The molecule has 3 rings (SSSR count).